The van der Waals surface area contributed by atoms with Crippen molar-refractivity contribution in [1.29, 1.82) is 0 Å². The van der Waals surface area contributed by atoms with Crippen LogP contribution in [-0.2, 0) is 4.79 Å². The average Bonchev–Trinajstić information content (AvgIpc) is 2.30. The first-order chi connectivity index (χ1) is 8.65. The predicted molar refractivity (Wildman–Crippen MR) is 68.5 cm³/mol. The quantitative estimate of drug-likeness (QED) is 0.725. The number of benzene rings is 1. The highest BCUT2D eigenvalue weighted by atomic mass is 79.9. The molecule has 0 radical (unpaired) electrons. The van der Waals surface area contributed by atoms with Crippen molar-refractivity contribution in [2.45, 2.75) is 18.3 Å². The summed E-state index contributed by atoms with van der Waals surface area (Å²) in [7, 11) is 0. The molecule has 1 saturated carbocycles. The molecular weight excluding hydrogens is 398 g/mol. The van der Waals surface area contributed by atoms with Crippen LogP contribution < -0.4 is 5.32 Å². The zero-order valence-electron chi connectivity index (χ0n) is 9.19. The van der Waals surface area contributed by atoms with Crippen molar-refractivity contribution in [3.8, 4) is 0 Å². The molecule has 0 aromatic heterocycles. The van der Waals surface area contributed by atoms with Crippen molar-refractivity contribution >= 4 is 43.5 Å². The molecule has 0 spiro atoms. The molecule has 1 aromatic rings. The largest absolute Gasteiger partial charge is 0.325 e. The van der Waals surface area contributed by atoms with Gasteiger partial charge in [-0.05, 0) is 34.1 Å². The highest BCUT2D eigenvalue weighted by Crippen LogP contribution is 2.55. The molecule has 1 aliphatic rings. The van der Waals surface area contributed by atoms with Gasteiger partial charge in [0.15, 0.2) is 0 Å². The normalized spacial score (nSPS) is 23.6. The Balaban J connectivity index is 2.13. The lowest BCUT2D eigenvalue weighted by Gasteiger charge is -2.42. The Labute approximate surface area is 122 Å². The first-order valence-corrected chi connectivity index (χ1v) is 6.75. The Kier molecular flexibility index (Phi) is 3.68. The lowest BCUT2D eigenvalue weighted by molar-refractivity contribution is -0.303. The number of carbonyl (C=O) groups is 1. The van der Waals surface area contributed by atoms with Crippen LogP contribution >= 0.6 is 31.9 Å². The molecule has 0 aliphatic heterocycles. The van der Waals surface area contributed by atoms with Crippen molar-refractivity contribution in [3.05, 3.63) is 27.1 Å². The van der Waals surface area contributed by atoms with Gasteiger partial charge in [0.1, 0.15) is 5.92 Å². The first kappa shape index (κ1) is 14.8. The van der Waals surface area contributed by atoms with E-state index in [1.165, 1.54) is 6.07 Å². The van der Waals surface area contributed by atoms with E-state index in [4.69, 9.17) is 0 Å². The lowest BCUT2D eigenvalue weighted by atomic mass is 9.76. The van der Waals surface area contributed by atoms with Gasteiger partial charge in [0.05, 0.1) is 5.69 Å². The van der Waals surface area contributed by atoms with Crippen LogP contribution in [0.3, 0.4) is 0 Å². The smallest absolute Gasteiger partial charge is 0.321 e. The second kappa shape index (κ2) is 4.73. The predicted octanol–water partition coefficient (Wildman–Crippen LogP) is 4.44. The van der Waals surface area contributed by atoms with Crippen LogP contribution in [0.5, 0.6) is 0 Å². The summed E-state index contributed by atoms with van der Waals surface area (Å²) in [6.45, 7) is 0. The van der Waals surface area contributed by atoms with Gasteiger partial charge in [-0.3, -0.25) is 4.79 Å². The maximum Gasteiger partial charge on any atom is 0.321 e. The van der Waals surface area contributed by atoms with E-state index in [2.05, 4.69) is 37.2 Å². The lowest BCUT2D eigenvalue weighted by Crippen LogP contribution is -2.62. The standard InChI is InChI=1S/C11H7Br2F4NO/c12-5-1-2-7(13)8(3-5)18-9(19)6-4-10(14,15)11(6,16)17/h1-3,6H,4H2,(H,18,19). The highest BCUT2D eigenvalue weighted by molar-refractivity contribution is 9.11. The van der Waals surface area contributed by atoms with E-state index in [1.54, 1.807) is 12.1 Å². The third kappa shape index (κ3) is 2.52. The topological polar surface area (TPSA) is 29.1 Å². The van der Waals surface area contributed by atoms with Crippen molar-refractivity contribution < 1.29 is 22.4 Å². The van der Waals surface area contributed by atoms with Crippen molar-refractivity contribution in [2.75, 3.05) is 5.32 Å². The summed E-state index contributed by atoms with van der Waals surface area (Å²) >= 11 is 6.28. The van der Waals surface area contributed by atoms with Crippen LogP contribution in [0.1, 0.15) is 6.42 Å². The zero-order chi connectivity index (χ0) is 14.4. The van der Waals surface area contributed by atoms with Gasteiger partial charge in [-0.15, -0.1) is 0 Å². The second-order valence-corrected chi connectivity index (χ2v) is 5.97. The number of hydrogen-bond acceptors (Lipinski definition) is 1. The molecule has 1 aliphatic carbocycles. The molecule has 2 rings (SSSR count). The molecule has 1 atom stereocenters. The van der Waals surface area contributed by atoms with Crippen LogP contribution in [0.4, 0.5) is 23.2 Å². The Morgan fingerprint density at radius 2 is 1.89 bits per heavy atom. The van der Waals surface area contributed by atoms with Gasteiger partial charge < -0.3 is 5.32 Å². The summed E-state index contributed by atoms with van der Waals surface area (Å²) in [5.74, 6) is -11.5. The molecule has 19 heavy (non-hydrogen) atoms. The molecule has 1 amide bonds. The van der Waals surface area contributed by atoms with Crippen molar-refractivity contribution in [1.82, 2.24) is 0 Å². The molecule has 1 aromatic carbocycles. The van der Waals surface area contributed by atoms with Crippen LogP contribution in [0.2, 0.25) is 0 Å². The third-order valence-electron chi connectivity index (χ3n) is 2.89. The first-order valence-electron chi connectivity index (χ1n) is 5.17. The number of carbonyl (C=O) groups excluding carboxylic acids is 1. The summed E-state index contributed by atoms with van der Waals surface area (Å²) < 4.78 is 52.6. The van der Waals surface area contributed by atoms with Gasteiger partial charge in [-0.1, -0.05) is 15.9 Å². The van der Waals surface area contributed by atoms with Crippen molar-refractivity contribution in [2.24, 2.45) is 5.92 Å². The molecule has 0 bridgehead atoms. The molecule has 0 saturated heterocycles. The van der Waals surface area contributed by atoms with Gasteiger partial charge >= 0.3 is 11.8 Å². The molecule has 1 fully saturated rings. The van der Waals surface area contributed by atoms with E-state index in [0.29, 0.717) is 8.95 Å². The van der Waals surface area contributed by atoms with Crippen LogP contribution in [-0.4, -0.2) is 17.8 Å². The van der Waals surface area contributed by atoms with E-state index < -0.39 is 30.1 Å². The van der Waals surface area contributed by atoms with Crippen LogP contribution in [0.15, 0.2) is 27.1 Å². The Morgan fingerprint density at radius 1 is 1.26 bits per heavy atom. The maximum absolute atomic E-state index is 13.1. The molecule has 1 N–H and O–H groups in total. The Morgan fingerprint density at radius 3 is 2.42 bits per heavy atom. The summed E-state index contributed by atoms with van der Waals surface area (Å²) in [5, 5.41) is 2.22. The molecule has 8 heteroatoms. The van der Waals surface area contributed by atoms with E-state index in [0.717, 1.165) is 0 Å². The fourth-order valence-corrected chi connectivity index (χ4v) is 2.42. The molecule has 104 valence electrons. The number of anilines is 1. The number of alkyl halides is 4. The fraction of sp³-hybridized carbons (Fsp3) is 0.364. The van der Waals surface area contributed by atoms with E-state index >= 15 is 0 Å². The number of hydrogen-bond donors (Lipinski definition) is 1. The average molecular weight is 405 g/mol. The Hall–Kier alpha value is -0.630. The minimum Gasteiger partial charge on any atom is -0.325 e. The van der Waals surface area contributed by atoms with Gasteiger partial charge in [-0.25, -0.2) is 0 Å². The van der Waals surface area contributed by atoms with Crippen molar-refractivity contribution in [3.63, 3.8) is 0 Å². The highest BCUT2D eigenvalue weighted by Gasteiger charge is 2.74. The minimum absolute atomic E-state index is 0.241. The monoisotopic (exact) mass is 403 g/mol. The minimum atomic E-state index is -4.30. The summed E-state index contributed by atoms with van der Waals surface area (Å²) in [6.07, 6.45) is -1.14. The SMILES string of the molecule is O=C(Nc1cc(Br)ccc1Br)C1CC(F)(F)C1(F)F. The zero-order valence-corrected chi connectivity index (χ0v) is 12.4. The molecule has 1 unspecified atom stereocenters. The van der Waals surface area contributed by atoms with E-state index in [-0.39, 0.29) is 5.69 Å². The van der Waals surface area contributed by atoms with Gasteiger partial charge in [-0.2, -0.15) is 17.6 Å². The van der Waals surface area contributed by atoms with Gasteiger partial charge in [0, 0.05) is 15.4 Å². The van der Waals surface area contributed by atoms with Crippen LogP contribution in [0, 0.1) is 5.92 Å². The van der Waals surface area contributed by atoms with Gasteiger partial charge in [0.25, 0.3) is 0 Å². The molecule has 2 nitrogen and oxygen atoms in total. The third-order valence-corrected chi connectivity index (χ3v) is 4.07. The second-order valence-electron chi connectivity index (χ2n) is 4.20. The molecular formula is C11H7Br2F4NO. The van der Waals surface area contributed by atoms with E-state index in [9.17, 15) is 22.4 Å². The number of rotatable bonds is 2. The van der Waals surface area contributed by atoms with Gasteiger partial charge in [0.2, 0.25) is 5.91 Å². The fourth-order valence-electron chi connectivity index (χ4n) is 1.71. The summed E-state index contributed by atoms with van der Waals surface area (Å²) in [5.41, 5.74) is 0.241. The van der Waals surface area contributed by atoms with Crippen LogP contribution in [0.25, 0.3) is 0 Å². The summed E-state index contributed by atoms with van der Waals surface area (Å²) in [6, 6.07) is 4.75. The summed E-state index contributed by atoms with van der Waals surface area (Å²) in [4.78, 5) is 11.6. The van der Waals surface area contributed by atoms with E-state index in [1.807, 2.05) is 0 Å². The number of halogens is 6. The Bertz CT molecular complexity index is 535. The molecule has 0 heterocycles. The maximum atomic E-state index is 13.1. The number of amides is 1. The number of nitrogens with one attached hydrogen (secondary N) is 1.